The van der Waals surface area contributed by atoms with E-state index >= 15 is 0 Å². The molecule has 19 heavy (non-hydrogen) atoms. The fraction of sp³-hybridized carbons (Fsp3) is 0.188. The van der Waals surface area contributed by atoms with Crippen molar-refractivity contribution in [3.05, 3.63) is 71.8 Å². The van der Waals surface area contributed by atoms with Crippen LogP contribution in [-0.4, -0.2) is 12.9 Å². The van der Waals surface area contributed by atoms with Crippen LogP contribution in [0.2, 0.25) is 0 Å². The molecule has 0 saturated carbocycles. The third kappa shape index (κ3) is 2.72. The van der Waals surface area contributed by atoms with Crippen molar-refractivity contribution < 1.29 is 14.6 Å². The van der Waals surface area contributed by atoms with Gasteiger partial charge < -0.3 is 0 Å². The molecule has 2 aromatic rings. The summed E-state index contributed by atoms with van der Waals surface area (Å²) in [6.45, 7) is 1.71. The Balaban J connectivity index is 2.43. The van der Waals surface area contributed by atoms with Gasteiger partial charge in [-0.25, -0.2) is 9.78 Å². The molecule has 0 aliphatic heterocycles. The standard InChI is InChI=1S/C16H16O3/c1-16(19-18-2,14-11-7-4-8-12-14)15(17)13-9-5-3-6-10-13/h3-12H,1-2H3. The van der Waals surface area contributed by atoms with Crippen molar-refractivity contribution in [1.29, 1.82) is 0 Å². The van der Waals surface area contributed by atoms with Crippen LogP contribution < -0.4 is 0 Å². The van der Waals surface area contributed by atoms with E-state index in [4.69, 9.17) is 9.78 Å². The van der Waals surface area contributed by atoms with Gasteiger partial charge >= 0.3 is 0 Å². The van der Waals surface area contributed by atoms with Gasteiger partial charge in [0.25, 0.3) is 0 Å². The molecule has 0 spiro atoms. The highest BCUT2D eigenvalue weighted by Gasteiger charge is 2.38. The fourth-order valence-electron chi connectivity index (χ4n) is 2.00. The normalized spacial score (nSPS) is 13.8. The minimum absolute atomic E-state index is 0.138. The van der Waals surface area contributed by atoms with Crippen LogP contribution in [0.15, 0.2) is 60.7 Å². The van der Waals surface area contributed by atoms with E-state index in [1.807, 2.05) is 48.5 Å². The first-order chi connectivity index (χ1) is 9.18. The zero-order valence-electron chi connectivity index (χ0n) is 11.0. The van der Waals surface area contributed by atoms with E-state index in [1.165, 1.54) is 7.11 Å². The Labute approximate surface area is 112 Å². The van der Waals surface area contributed by atoms with E-state index in [2.05, 4.69) is 0 Å². The molecule has 0 aliphatic carbocycles. The highest BCUT2D eigenvalue weighted by molar-refractivity contribution is 6.02. The first-order valence-electron chi connectivity index (χ1n) is 6.05. The van der Waals surface area contributed by atoms with E-state index < -0.39 is 5.60 Å². The number of carbonyl (C=O) groups excluding carboxylic acids is 1. The molecule has 0 fully saturated rings. The van der Waals surface area contributed by atoms with Crippen LogP contribution in [0.25, 0.3) is 0 Å². The number of hydrogen-bond donors (Lipinski definition) is 0. The molecule has 98 valence electrons. The molecule has 2 aromatic carbocycles. The molecular weight excluding hydrogens is 240 g/mol. The maximum atomic E-state index is 12.7. The van der Waals surface area contributed by atoms with Crippen LogP contribution in [0, 0.1) is 0 Å². The third-order valence-electron chi connectivity index (χ3n) is 3.04. The van der Waals surface area contributed by atoms with E-state index in [-0.39, 0.29) is 5.78 Å². The van der Waals surface area contributed by atoms with Crippen LogP contribution >= 0.6 is 0 Å². The van der Waals surface area contributed by atoms with Crippen molar-refractivity contribution >= 4 is 5.78 Å². The Hall–Kier alpha value is -1.97. The van der Waals surface area contributed by atoms with Gasteiger partial charge in [0.15, 0.2) is 5.60 Å². The van der Waals surface area contributed by atoms with Crippen molar-refractivity contribution in [3.8, 4) is 0 Å². The predicted octanol–water partition coefficient (Wildman–Crippen LogP) is 3.36. The summed E-state index contributed by atoms with van der Waals surface area (Å²) >= 11 is 0. The van der Waals surface area contributed by atoms with Gasteiger partial charge in [-0.15, -0.1) is 0 Å². The number of rotatable bonds is 5. The average Bonchev–Trinajstić information content (AvgIpc) is 2.48. The van der Waals surface area contributed by atoms with Crippen LogP contribution in [-0.2, 0) is 15.4 Å². The summed E-state index contributed by atoms with van der Waals surface area (Å²) in [7, 11) is 1.40. The molecule has 0 aromatic heterocycles. The van der Waals surface area contributed by atoms with Gasteiger partial charge in [0, 0.05) is 5.56 Å². The van der Waals surface area contributed by atoms with E-state index in [0.29, 0.717) is 5.56 Å². The number of Topliss-reactive ketones (excluding diaryl/α,β-unsaturated/α-hetero) is 1. The Morgan fingerprint density at radius 3 is 2.00 bits per heavy atom. The van der Waals surface area contributed by atoms with Gasteiger partial charge in [-0.3, -0.25) is 4.79 Å². The second-order valence-electron chi connectivity index (χ2n) is 4.34. The lowest BCUT2D eigenvalue weighted by molar-refractivity contribution is -0.328. The lowest BCUT2D eigenvalue weighted by atomic mass is 9.88. The molecule has 0 aliphatic rings. The quantitative estimate of drug-likeness (QED) is 0.467. The number of carbonyl (C=O) groups is 1. The average molecular weight is 256 g/mol. The van der Waals surface area contributed by atoms with Gasteiger partial charge in [-0.05, 0) is 12.5 Å². The smallest absolute Gasteiger partial charge is 0.202 e. The molecule has 0 radical (unpaired) electrons. The summed E-state index contributed by atoms with van der Waals surface area (Å²) in [6, 6.07) is 18.4. The fourth-order valence-corrected chi connectivity index (χ4v) is 2.00. The minimum Gasteiger partial charge on any atom is -0.290 e. The number of ketones is 1. The van der Waals surface area contributed by atoms with E-state index in [9.17, 15) is 4.79 Å². The summed E-state index contributed by atoms with van der Waals surface area (Å²) in [5, 5.41) is 0. The molecule has 2 rings (SSSR count). The monoisotopic (exact) mass is 256 g/mol. The Morgan fingerprint density at radius 2 is 1.47 bits per heavy atom. The largest absolute Gasteiger partial charge is 0.290 e. The predicted molar refractivity (Wildman–Crippen MR) is 72.7 cm³/mol. The molecule has 1 atom stereocenters. The zero-order valence-corrected chi connectivity index (χ0v) is 11.0. The highest BCUT2D eigenvalue weighted by Crippen LogP contribution is 2.29. The lowest BCUT2D eigenvalue weighted by Crippen LogP contribution is -2.35. The zero-order chi connectivity index (χ0) is 13.7. The SMILES string of the molecule is COOC(C)(C(=O)c1ccccc1)c1ccccc1. The summed E-state index contributed by atoms with van der Waals surface area (Å²) in [6.07, 6.45) is 0. The van der Waals surface area contributed by atoms with Crippen LogP contribution in [0.1, 0.15) is 22.8 Å². The van der Waals surface area contributed by atoms with Crippen molar-refractivity contribution in [2.24, 2.45) is 0 Å². The summed E-state index contributed by atoms with van der Waals surface area (Å²) in [5.74, 6) is -0.138. The van der Waals surface area contributed by atoms with Gasteiger partial charge in [0.2, 0.25) is 5.78 Å². The van der Waals surface area contributed by atoms with Crippen LogP contribution in [0.3, 0.4) is 0 Å². The minimum atomic E-state index is -1.16. The topological polar surface area (TPSA) is 35.5 Å². The summed E-state index contributed by atoms with van der Waals surface area (Å²) < 4.78 is 0. The molecule has 3 heteroatoms. The molecular formula is C16H16O3. The van der Waals surface area contributed by atoms with Gasteiger partial charge in [-0.1, -0.05) is 60.7 Å². The second-order valence-corrected chi connectivity index (χ2v) is 4.34. The maximum absolute atomic E-state index is 12.7. The molecule has 3 nitrogen and oxygen atoms in total. The Bertz CT molecular complexity index is 536. The van der Waals surface area contributed by atoms with E-state index in [0.717, 1.165) is 5.56 Å². The molecule has 0 amide bonds. The van der Waals surface area contributed by atoms with E-state index in [1.54, 1.807) is 19.1 Å². The lowest BCUT2D eigenvalue weighted by Gasteiger charge is -2.26. The second kappa shape index (κ2) is 5.78. The van der Waals surface area contributed by atoms with Crippen molar-refractivity contribution in [1.82, 2.24) is 0 Å². The molecule has 0 saturated heterocycles. The molecule has 0 N–H and O–H groups in total. The first-order valence-corrected chi connectivity index (χ1v) is 6.05. The van der Waals surface area contributed by atoms with Gasteiger partial charge in [0.1, 0.15) is 0 Å². The van der Waals surface area contributed by atoms with Crippen molar-refractivity contribution in [2.45, 2.75) is 12.5 Å². The maximum Gasteiger partial charge on any atom is 0.202 e. The highest BCUT2D eigenvalue weighted by atomic mass is 17.2. The van der Waals surface area contributed by atoms with Gasteiger partial charge in [-0.2, -0.15) is 0 Å². The summed E-state index contributed by atoms with van der Waals surface area (Å²) in [5.41, 5.74) is 0.189. The van der Waals surface area contributed by atoms with Crippen molar-refractivity contribution in [3.63, 3.8) is 0 Å². The number of benzene rings is 2. The third-order valence-corrected chi connectivity index (χ3v) is 3.04. The van der Waals surface area contributed by atoms with Crippen molar-refractivity contribution in [2.75, 3.05) is 7.11 Å². The summed E-state index contributed by atoms with van der Waals surface area (Å²) in [4.78, 5) is 22.7. The molecule has 0 bridgehead atoms. The first kappa shape index (κ1) is 13.5. The van der Waals surface area contributed by atoms with Crippen LogP contribution in [0.4, 0.5) is 0 Å². The Morgan fingerprint density at radius 1 is 0.947 bits per heavy atom. The van der Waals surface area contributed by atoms with Gasteiger partial charge in [0.05, 0.1) is 7.11 Å². The molecule has 0 heterocycles. The Kier molecular flexibility index (Phi) is 4.10. The molecule has 1 unspecified atom stereocenters. The van der Waals surface area contributed by atoms with Crippen LogP contribution in [0.5, 0.6) is 0 Å². The number of hydrogen-bond acceptors (Lipinski definition) is 3.